The van der Waals surface area contributed by atoms with Crippen LogP contribution in [0.25, 0.3) is 0 Å². The smallest absolute Gasteiger partial charge is 0.257 e. The number of aryl methyl sites for hydroxylation is 1. The Kier molecular flexibility index (Phi) is 3.22. The van der Waals surface area contributed by atoms with Gasteiger partial charge in [0.15, 0.2) is 0 Å². The van der Waals surface area contributed by atoms with Crippen molar-refractivity contribution < 1.29 is 18.5 Å². The number of amides is 1. The van der Waals surface area contributed by atoms with Crippen molar-refractivity contribution in [3.05, 3.63) is 35.9 Å². The van der Waals surface area contributed by atoms with E-state index in [-0.39, 0.29) is 18.1 Å². The molecule has 0 spiro atoms. The number of nitrogens with zero attached hydrogens (tertiary/aromatic N) is 3. The molecule has 0 bridgehead atoms. The Labute approximate surface area is 127 Å². The largest absolute Gasteiger partial charge is 0.472 e. The molecule has 4 heterocycles. The zero-order valence-corrected chi connectivity index (χ0v) is 12.3. The topological polar surface area (TPSA) is 81.6 Å². The van der Waals surface area contributed by atoms with Gasteiger partial charge in [0.2, 0.25) is 11.7 Å². The van der Waals surface area contributed by atoms with Gasteiger partial charge in [0, 0.05) is 20.0 Å². The first-order valence-corrected chi connectivity index (χ1v) is 7.48. The Morgan fingerprint density at radius 3 is 3.09 bits per heavy atom. The van der Waals surface area contributed by atoms with E-state index >= 15 is 0 Å². The number of carbonyl (C=O) groups excluding carboxylic acids is 1. The number of rotatable bonds is 2. The van der Waals surface area contributed by atoms with E-state index in [9.17, 15) is 4.79 Å². The van der Waals surface area contributed by atoms with Gasteiger partial charge in [-0.05, 0) is 24.8 Å². The number of hydrogen-bond donors (Lipinski definition) is 0. The number of piperidine rings is 1. The van der Waals surface area contributed by atoms with Crippen molar-refractivity contribution in [2.45, 2.75) is 32.0 Å². The molecule has 2 aromatic rings. The van der Waals surface area contributed by atoms with Crippen molar-refractivity contribution in [2.75, 3.05) is 13.1 Å². The van der Waals surface area contributed by atoms with Crippen molar-refractivity contribution in [1.82, 2.24) is 15.0 Å². The average molecular weight is 303 g/mol. The summed E-state index contributed by atoms with van der Waals surface area (Å²) in [6.07, 6.45) is 4.72. The van der Waals surface area contributed by atoms with Crippen LogP contribution in [0.5, 0.6) is 0 Å². The van der Waals surface area contributed by atoms with E-state index < -0.39 is 0 Å². The summed E-state index contributed by atoms with van der Waals surface area (Å²) < 4.78 is 16.1. The highest BCUT2D eigenvalue weighted by Gasteiger charge is 2.42. The van der Waals surface area contributed by atoms with E-state index in [2.05, 4.69) is 10.1 Å². The Morgan fingerprint density at radius 2 is 2.36 bits per heavy atom. The molecular weight excluding hydrogens is 286 g/mol. The minimum Gasteiger partial charge on any atom is -0.472 e. The van der Waals surface area contributed by atoms with Gasteiger partial charge in [-0.2, -0.15) is 4.98 Å². The molecule has 7 heteroatoms. The first-order chi connectivity index (χ1) is 10.7. The van der Waals surface area contributed by atoms with Crippen molar-refractivity contribution in [3.63, 3.8) is 0 Å². The molecule has 1 amide bonds. The van der Waals surface area contributed by atoms with Crippen LogP contribution in [0.4, 0.5) is 0 Å². The molecule has 4 rings (SSSR count). The molecule has 7 nitrogen and oxygen atoms in total. The second kappa shape index (κ2) is 5.24. The molecule has 0 aliphatic carbocycles. The Morgan fingerprint density at radius 1 is 1.45 bits per heavy atom. The van der Waals surface area contributed by atoms with Crippen molar-refractivity contribution >= 4 is 5.91 Å². The quantitative estimate of drug-likeness (QED) is 0.843. The molecule has 2 aromatic heterocycles. The molecule has 0 aromatic carbocycles. The molecule has 0 radical (unpaired) electrons. The summed E-state index contributed by atoms with van der Waals surface area (Å²) in [4.78, 5) is 18.5. The van der Waals surface area contributed by atoms with E-state index in [1.807, 2.05) is 4.90 Å². The zero-order valence-electron chi connectivity index (χ0n) is 12.3. The highest BCUT2D eigenvalue weighted by molar-refractivity contribution is 5.93. The van der Waals surface area contributed by atoms with Gasteiger partial charge in [0.05, 0.1) is 17.9 Å². The van der Waals surface area contributed by atoms with Gasteiger partial charge >= 0.3 is 0 Å². The third-order valence-electron chi connectivity index (χ3n) is 4.44. The lowest BCUT2D eigenvalue weighted by molar-refractivity contribution is -0.00749. The van der Waals surface area contributed by atoms with E-state index in [4.69, 9.17) is 13.7 Å². The standard InChI is InChI=1S/C15H17N3O4/c1-9-16-14(17-22-9)12-6-10-2-4-18(7-13(10)21-12)15(19)11-3-5-20-8-11/h3,5,8,10,12-13H,2,4,6-7H2,1H3/t10-,12-,13+/m0/s1. The summed E-state index contributed by atoms with van der Waals surface area (Å²) in [5.41, 5.74) is 0.585. The van der Waals surface area contributed by atoms with Crippen LogP contribution in [0.2, 0.25) is 0 Å². The normalized spacial score (nSPS) is 27.9. The maximum atomic E-state index is 12.4. The first-order valence-electron chi connectivity index (χ1n) is 7.48. The minimum atomic E-state index is -0.128. The number of furan rings is 1. The number of aromatic nitrogens is 2. The lowest BCUT2D eigenvalue weighted by Gasteiger charge is -2.33. The molecule has 2 aliphatic heterocycles. The van der Waals surface area contributed by atoms with Crippen LogP contribution in [0.1, 0.15) is 41.0 Å². The maximum Gasteiger partial charge on any atom is 0.257 e. The Balaban J connectivity index is 1.44. The maximum absolute atomic E-state index is 12.4. The van der Waals surface area contributed by atoms with Gasteiger partial charge in [0.1, 0.15) is 12.4 Å². The van der Waals surface area contributed by atoms with Gasteiger partial charge in [-0.3, -0.25) is 4.79 Å². The lowest BCUT2D eigenvalue weighted by atomic mass is 9.91. The number of carbonyl (C=O) groups is 1. The van der Waals surface area contributed by atoms with Gasteiger partial charge in [-0.25, -0.2) is 0 Å². The second-order valence-corrected chi connectivity index (χ2v) is 5.88. The summed E-state index contributed by atoms with van der Waals surface area (Å²) in [5.74, 6) is 1.59. The summed E-state index contributed by atoms with van der Waals surface area (Å²) in [6, 6.07) is 1.69. The molecule has 2 aliphatic rings. The summed E-state index contributed by atoms with van der Waals surface area (Å²) in [7, 11) is 0. The van der Waals surface area contributed by atoms with Gasteiger partial charge < -0.3 is 18.6 Å². The van der Waals surface area contributed by atoms with Crippen LogP contribution in [-0.4, -0.2) is 40.1 Å². The van der Waals surface area contributed by atoms with Crippen molar-refractivity contribution in [1.29, 1.82) is 0 Å². The van der Waals surface area contributed by atoms with E-state index in [1.54, 1.807) is 13.0 Å². The monoisotopic (exact) mass is 303 g/mol. The van der Waals surface area contributed by atoms with Crippen LogP contribution in [0.15, 0.2) is 27.5 Å². The number of likely N-dealkylation sites (tertiary alicyclic amines) is 1. The van der Waals surface area contributed by atoms with Crippen LogP contribution in [-0.2, 0) is 4.74 Å². The lowest BCUT2D eigenvalue weighted by Crippen LogP contribution is -2.45. The van der Waals surface area contributed by atoms with E-state index in [0.29, 0.717) is 29.7 Å². The molecule has 2 saturated heterocycles. The average Bonchev–Trinajstić information content (AvgIpc) is 3.25. The number of ether oxygens (including phenoxy) is 1. The summed E-state index contributed by atoms with van der Waals surface area (Å²) in [6.45, 7) is 3.11. The summed E-state index contributed by atoms with van der Waals surface area (Å²) >= 11 is 0. The minimum absolute atomic E-state index is 0.00495. The molecule has 0 N–H and O–H groups in total. The predicted octanol–water partition coefficient (Wildman–Crippen LogP) is 1.96. The summed E-state index contributed by atoms with van der Waals surface area (Å²) in [5, 5.41) is 3.95. The third-order valence-corrected chi connectivity index (χ3v) is 4.44. The van der Waals surface area contributed by atoms with Crippen LogP contribution in [0.3, 0.4) is 0 Å². The SMILES string of the molecule is Cc1nc([C@@H]2C[C@@H]3CCN(C(=O)c4ccoc4)C[C@H]3O2)no1. The molecule has 0 unspecified atom stereocenters. The molecule has 2 fully saturated rings. The van der Waals surface area contributed by atoms with E-state index in [1.165, 1.54) is 12.5 Å². The zero-order chi connectivity index (χ0) is 15.1. The predicted molar refractivity (Wildman–Crippen MR) is 74.0 cm³/mol. The first kappa shape index (κ1) is 13.5. The Bertz CT molecular complexity index is 666. The molecular formula is C15H17N3O4. The Hall–Kier alpha value is -2.15. The van der Waals surface area contributed by atoms with Crippen LogP contribution < -0.4 is 0 Å². The number of hydrogen-bond acceptors (Lipinski definition) is 6. The highest BCUT2D eigenvalue weighted by Crippen LogP contribution is 2.40. The van der Waals surface area contributed by atoms with Gasteiger partial charge in [0.25, 0.3) is 5.91 Å². The molecule has 0 saturated carbocycles. The molecule has 116 valence electrons. The fourth-order valence-electron chi connectivity index (χ4n) is 3.30. The second-order valence-electron chi connectivity index (χ2n) is 5.88. The van der Waals surface area contributed by atoms with E-state index in [0.717, 1.165) is 19.4 Å². The fourth-order valence-corrected chi connectivity index (χ4v) is 3.30. The van der Waals surface area contributed by atoms with Crippen molar-refractivity contribution in [3.8, 4) is 0 Å². The molecule has 3 atom stereocenters. The highest BCUT2D eigenvalue weighted by atomic mass is 16.5. The van der Waals surface area contributed by atoms with Crippen LogP contribution in [0, 0.1) is 12.8 Å². The third kappa shape index (κ3) is 2.31. The van der Waals surface area contributed by atoms with Crippen molar-refractivity contribution in [2.24, 2.45) is 5.92 Å². The van der Waals surface area contributed by atoms with Crippen LogP contribution >= 0.6 is 0 Å². The fraction of sp³-hybridized carbons (Fsp3) is 0.533. The van der Waals surface area contributed by atoms with Gasteiger partial charge in [-0.1, -0.05) is 5.16 Å². The molecule has 22 heavy (non-hydrogen) atoms. The van der Waals surface area contributed by atoms with Gasteiger partial charge in [-0.15, -0.1) is 0 Å². The number of fused-ring (bicyclic) bond motifs is 1.